The third-order valence-corrected chi connectivity index (χ3v) is 2.55. The molecule has 0 saturated carbocycles. The molecule has 0 radical (unpaired) electrons. The summed E-state index contributed by atoms with van der Waals surface area (Å²) in [5.74, 6) is 0.890. The van der Waals surface area contributed by atoms with Gasteiger partial charge in [-0.15, -0.1) is 0 Å². The van der Waals surface area contributed by atoms with E-state index in [0.29, 0.717) is 4.64 Å². The molecular weight excluding hydrogens is 230 g/mol. The molecule has 0 atom stereocenters. The molecular formula is C13H15N3S. The lowest BCUT2D eigenvalue weighted by atomic mass is 10.1. The second kappa shape index (κ2) is 5.21. The van der Waals surface area contributed by atoms with Gasteiger partial charge in [0.1, 0.15) is 10.5 Å². The molecule has 0 aliphatic heterocycles. The normalized spacial score (nSPS) is 10.8. The molecule has 0 saturated heterocycles. The van der Waals surface area contributed by atoms with E-state index in [2.05, 4.69) is 27.0 Å². The Morgan fingerprint density at radius 3 is 2.59 bits per heavy atom. The van der Waals surface area contributed by atoms with Crippen LogP contribution < -0.4 is 0 Å². The average molecular weight is 245 g/mol. The number of nitrogens with one attached hydrogen (secondary N) is 1. The maximum atomic E-state index is 5.19. The Balaban J connectivity index is 2.42. The zero-order chi connectivity index (χ0) is 12.3. The van der Waals surface area contributed by atoms with Gasteiger partial charge in [0, 0.05) is 5.69 Å². The van der Waals surface area contributed by atoms with E-state index in [4.69, 9.17) is 12.2 Å². The minimum Gasteiger partial charge on any atom is -0.342 e. The fraction of sp³-hybridized carbons (Fsp3) is 0.231. The third-order valence-electron chi connectivity index (χ3n) is 2.34. The predicted octanol–water partition coefficient (Wildman–Crippen LogP) is 2.87. The minimum atomic E-state index is 0.624. The van der Waals surface area contributed by atoms with E-state index in [9.17, 15) is 0 Å². The first-order chi connectivity index (χ1) is 8.15. The molecule has 1 aromatic heterocycles. The molecule has 0 aliphatic carbocycles. The van der Waals surface area contributed by atoms with Crippen LogP contribution in [0, 0.1) is 4.64 Å². The van der Waals surface area contributed by atoms with E-state index in [1.807, 2.05) is 38.4 Å². The fourth-order valence-electron chi connectivity index (χ4n) is 1.66. The number of aromatic nitrogens is 2. The van der Waals surface area contributed by atoms with E-state index in [0.717, 1.165) is 23.6 Å². The Morgan fingerprint density at radius 2 is 1.94 bits per heavy atom. The Kier molecular flexibility index (Phi) is 3.66. The monoisotopic (exact) mass is 245 g/mol. The van der Waals surface area contributed by atoms with Crippen LogP contribution >= 0.6 is 12.2 Å². The highest BCUT2D eigenvalue weighted by molar-refractivity contribution is 7.71. The predicted molar refractivity (Wildman–Crippen MR) is 72.2 cm³/mol. The van der Waals surface area contributed by atoms with E-state index in [1.165, 1.54) is 0 Å². The van der Waals surface area contributed by atoms with Crippen LogP contribution in [0.2, 0.25) is 0 Å². The summed E-state index contributed by atoms with van der Waals surface area (Å²) in [5, 5.41) is 0. The van der Waals surface area contributed by atoms with Gasteiger partial charge in [-0.2, -0.15) is 0 Å². The summed E-state index contributed by atoms with van der Waals surface area (Å²) in [6, 6.07) is 12.0. The molecule has 0 spiro atoms. The van der Waals surface area contributed by atoms with Crippen molar-refractivity contribution in [1.82, 2.24) is 14.9 Å². The van der Waals surface area contributed by atoms with Crippen molar-refractivity contribution in [3.63, 3.8) is 0 Å². The van der Waals surface area contributed by atoms with E-state index < -0.39 is 0 Å². The summed E-state index contributed by atoms with van der Waals surface area (Å²) in [6.07, 6.45) is 0. The van der Waals surface area contributed by atoms with Crippen LogP contribution in [0.15, 0.2) is 36.4 Å². The molecule has 0 fully saturated rings. The van der Waals surface area contributed by atoms with E-state index >= 15 is 0 Å². The molecule has 0 aliphatic rings. The summed E-state index contributed by atoms with van der Waals surface area (Å²) < 4.78 is 0.624. The summed E-state index contributed by atoms with van der Waals surface area (Å²) in [4.78, 5) is 9.69. The third kappa shape index (κ3) is 3.22. The molecule has 3 nitrogen and oxygen atoms in total. The van der Waals surface area contributed by atoms with Gasteiger partial charge in [-0.3, -0.25) is 0 Å². The summed E-state index contributed by atoms with van der Waals surface area (Å²) in [7, 11) is 4.02. The lowest BCUT2D eigenvalue weighted by molar-refractivity contribution is 0.390. The molecule has 88 valence electrons. The van der Waals surface area contributed by atoms with Gasteiger partial charge in [-0.1, -0.05) is 42.5 Å². The maximum Gasteiger partial charge on any atom is 0.130 e. The molecule has 17 heavy (non-hydrogen) atoms. The molecule has 4 heteroatoms. The average Bonchev–Trinajstić information content (AvgIpc) is 2.28. The first kappa shape index (κ1) is 12.0. The number of hydrogen-bond donors (Lipinski definition) is 1. The molecule has 1 N–H and O–H groups in total. The van der Waals surface area contributed by atoms with Gasteiger partial charge >= 0.3 is 0 Å². The summed E-state index contributed by atoms with van der Waals surface area (Å²) in [5.41, 5.74) is 2.14. The summed E-state index contributed by atoms with van der Waals surface area (Å²) in [6.45, 7) is 0.754. The zero-order valence-corrected chi connectivity index (χ0v) is 10.8. The van der Waals surface area contributed by atoms with E-state index in [-0.39, 0.29) is 0 Å². The second-order valence-electron chi connectivity index (χ2n) is 4.18. The van der Waals surface area contributed by atoms with Crippen LogP contribution in [0.4, 0.5) is 0 Å². The van der Waals surface area contributed by atoms with Crippen LogP contribution in [-0.4, -0.2) is 29.0 Å². The topological polar surface area (TPSA) is 31.9 Å². The van der Waals surface area contributed by atoms with Crippen molar-refractivity contribution in [3.8, 4) is 11.3 Å². The Labute approximate surface area is 106 Å². The Hall–Kier alpha value is -1.52. The molecule has 2 rings (SSSR count). The van der Waals surface area contributed by atoms with Crippen molar-refractivity contribution in [2.45, 2.75) is 6.54 Å². The van der Waals surface area contributed by atoms with Crippen molar-refractivity contribution in [3.05, 3.63) is 46.9 Å². The van der Waals surface area contributed by atoms with Gasteiger partial charge < -0.3 is 9.88 Å². The lowest BCUT2D eigenvalue weighted by Gasteiger charge is -2.10. The van der Waals surface area contributed by atoms with Crippen LogP contribution in [0.3, 0.4) is 0 Å². The highest BCUT2D eigenvalue weighted by Crippen LogP contribution is 2.16. The van der Waals surface area contributed by atoms with Gasteiger partial charge in [0.25, 0.3) is 0 Å². The number of benzene rings is 1. The van der Waals surface area contributed by atoms with Crippen molar-refractivity contribution >= 4 is 12.2 Å². The highest BCUT2D eigenvalue weighted by atomic mass is 32.1. The van der Waals surface area contributed by atoms with Gasteiger partial charge in [0.2, 0.25) is 0 Å². The van der Waals surface area contributed by atoms with Crippen molar-refractivity contribution in [1.29, 1.82) is 0 Å². The van der Waals surface area contributed by atoms with Crippen LogP contribution in [0.25, 0.3) is 11.3 Å². The zero-order valence-electron chi connectivity index (χ0n) is 9.97. The molecule has 2 aromatic rings. The lowest BCUT2D eigenvalue weighted by Crippen LogP contribution is -2.13. The highest BCUT2D eigenvalue weighted by Gasteiger charge is 2.02. The quantitative estimate of drug-likeness (QED) is 0.844. The molecule has 0 unspecified atom stereocenters. The molecule has 1 aromatic carbocycles. The SMILES string of the molecule is CN(C)Cc1nc(=S)cc(-c2ccccc2)[nH]1. The molecule has 0 amide bonds. The number of aromatic amines is 1. The Morgan fingerprint density at radius 1 is 1.24 bits per heavy atom. The number of hydrogen-bond acceptors (Lipinski definition) is 3. The van der Waals surface area contributed by atoms with E-state index in [1.54, 1.807) is 0 Å². The number of H-pyrrole nitrogens is 1. The van der Waals surface area contributed by atoms with Gasteiger partial charge in [0.05, 0.1) is 6.54 Å². The standard InChI is InChI=1S/C13H15N3S/c1-16(2)9-12-14-11(8-13(17)15-12)10-6-4-3-5-7-10/h3-8H,9H2,1-2H3,(H,14,15,17). The van der Waals surface area contributed by atoms with Crippen LogP contribution in [-0.2, 0) is 6.54 Å². The molecule has 0 bridgehead atoms. The Bertz CT molecular complexity index is 546. The van der Waals surface area contributed by atoms with Crippen molar-refractivity contribution < 1.29 is 0 Å². The van der Waals surface area contributed by atoms with Crippen molar-refractivity contribution in [2.75, 3.05) is 14.1 Å². The smallest absolute Gasteiger partial charge is 0.130 e. The minimum absolute atomic E-state index is 0.624. The number of rotatable bonds is 3. The first-order valence-corrected chi connectivity index (χ1v) is 5.86. The largest absolute Gasteiger partial charge is 0.342 e. The van der Waals surface area contributed by atoms with Gasteiger partial charge in [0.15, 0.2) is 0 Å². The summed E-state index contributed by atoms with van der Waals surface area (Å²) >= 11 is 5.19. The van der Waals surface area contributed by atoms with Gasteiger partial charge in [-0.25, -0.2) is 4.98 Å². The van der Waals surface area contributed by atoms with Gasteiger partial charge in [-0.05, 0) is 25.7 Å². The van der Waals surface area contributed by atoms with Crippen molar-refractivity contribution in [2.24, 2.45) is 0 Å². The maximum absolute atomic E-state index is 5.19. The van der Waals surface area contributed by atoms with Crippen LogP contribution in [0.5, 0.6) is 0 Å². The second-order valence-corrected chi connectivity index (χ2v) is 4.60. The van der Waals surface area contributed by atoms with Crippen LogP contribution in [0.1, 0.15) is 5.82 Å². The molecule has 1 heterocycles. The number of nitrogens with zero attached hydrogens (tertiary/aromatic N) is 2. The fourth-order valence-corrected chi connectivity index (χ4v) is 1.88. The first-order valence-electron chi connectivity index (χ1n) is 5.45.